The van der Waals surface area contributed by atoms with Crippen molar-refractivity contribution < 1.29 is 4.74 Å². The van der Waals surface area contributed by atoms with E-state index < -0.39 is 0 Å². The number of hydrogen-bond acceptors (Lipinski definition) is 6. The maximum Gasteiger partial charge on any atom is 0.158 e. The number of nitrogens with zero attached hydrogens (tertiary/aromatic N) is 3. The van der Waals surface area contributed by atoms with Crippen molar-refractivity contribution in [1.29, 1.82) is 0 Å². The average Bonchev–Trinajstić information content (AvgIpc) is 2.45. The van der Waals surface area contributed by atoms with Crippen molar-refractivity contribution in [2.45, 2.75) is 26.5 Å². The molecule has 2 heterocycles. The lowest BCUT2D eigenvalue weighted by atomic mass is 10.1. The lowest BCUT2D eigenvalue weighted by Gasteiger charge is -2.15. The van der Waals surface area contributed by atoms with Gasteiger partial charge in [-0.05, 0) is 31.5 Å². The Morgan fingerprint density at radius 1 is 1.30 bits per heavy atom. The molecule has 0 fully saturated rings. The minimum atomic E-state index is 0.104. The van der Waals surface area contributed by atoms with Crippen LogP contribution in [0, 0.1) is 0 Å². The summed E-state index contributed by atoms with van der Waals surface area (Å²) in [7, 11) is 0. The normalized spacial score (nSPS) is 12.1. The number of ether oxygens (including phenoxy) is 1. The molecule has 1 atom stereocenters. The molecule has 3 N–H and O–H groups in total. The molecule has 1 unspecified atom stereocenters. The molecule has 0 aromatic carbocycles. The second kappa shape index (κ2) is 6.81. The summed E-state index contributed by atoms with van der Waals surface area (Å²) in [6, 6.07) is 5.74. The number of nitrogens with one attached hydrogen (secondary N) is 1. The molecule has 0 bridgehead atoms. The summed E-state index contributed by atoms with van der Waals surface area (Å²) in [5, 5.41) is 3.30. The van der Waals surface area contributed by atoms with Crippen molar-refractivity contribution in [3.63, 3.8) is 0 Å². The third kappa shape index (κ3) is 3.89. The summed E-state index contributed by atoms with van der Waals surface area (Å²) in [4.78, 5) is 12.5. The van der Waals surface area contributed by atoms with Crippen LogP contribution in [0.2, 0.25) is 0 Å². The number of pyridine rings is 1. The van der Waals surface area contributed by atoms with E-state index in [1.54, 1.807) is 18.5 Å². The van der Waals surface area contributed by atoms with Gasteiger partial charge in [-0.25, -0.2) is 9.97 Å². The van der Waals surface area contributed by atoms with Crippen LogP contribution in [0.1, 0.15) is 31.3 Å². The molecule has 0 radical (unpaired) electrons. The van der Waals surface area contributed by atoms with Gasteiger partial charge in [0.15, 0.2) is 5.82 Å². The summed E-state index contributed by atoms with van der Waals surface area (Å²) in [6.45, 7) is 4.96. The lowest BCUT2D eigenvalue weighted by Crippen LogP contribution is -2.11. The highest BCUT2D eigenvalue weighted by Crippen LogP contribution is 2.18. The lowest BCUT2D eigenvalue weighted by molar-refractivity contribution is 0.128. The second-order valence-corrected chi connectivity index (χ2v) is 4.38. The Morgan fingerprint density at radius 3 is 2.75 bits per heavy atom. The average molecular weight is 273 g/mol. The summed E-state index contributed by atoms with van der Waals surface area (Å²) in [5.74, 6) is 1.70. The van der Waals surface area contributed by atoms with Crippen LogP contribution in [-0.2, 0) is 11.3 Å². The SMILES string of the molecule is CCOCc1nc(N)cc(NC(C)c2ccncc2)n1. The standard InChI is InChI=1S/C14H19N5O/c1-3-20-9-14-18-12(15)8-13(19-14)17-10(2)11-4-6-16-7-5-11/h4-8,10H,3,9H2,1-2H3,(H3,15,17,18,19). The first-order valence-electron chi connectivity index (χ1n) is 6.56. The highest BCUT2D eigenvalue weighted by Gasteiger charge is 2.08. The zero-order chi connectivity index (χ0) is 14.4. The first-order chi connectivity index (χ1) is 9.69. The van der Waals surface area contributed by atoms with E-state index in [0.717, 1.165) is 5.56 Å². The van der Waals surface area contributed by atoms with Gasteiger partial charge >= 0.3 is 0 Å². The van der Waals surface area contributed by atoms with E-state index in [0.29, 0.717) is 30.7 Å². The fraction of sp³-hybridized carbons (Fsp3) is 0.357. The maximum absolute atomic E-state index is 5.79. The van der Waals surface area contributed by atoms with E-state index >= 15 is 0 Å². The molecule has 2 aromatic rings. The summed E-state index contributed by atoms with van der Waals surface area (Å²) >= 11 is 0. The van der Waals surface area contributed by atoms with Crippen molar-refractivity contribution >= 4 is 11.6 Å². The topological polar surface area (TPSA) is 86.0 Å². The largest absolute Gasteiger partial charge is 0.384 e. The zero-order valence-electron chi connectivity index (χ0n) is 11.7. The van der Waals surface area contributed by atoms with Gasteiger partial charge in [0.1, 0.15) is 18.2 Å². The van der Waals surface area contributed by atoms with Crippen molar-refractivity contribution in [1.82, 2.24) is 15.0 Å². The Kier molecular flexibility index (Phi) is 4.84. The molecule has 6 nitrogen and oxygen atoms in total. The summed E-state index contributed by atoms with van der Waals surface area (Å²) in [5.41, 5.74) is 6.92. The molecule has 106 valence electrons. The Morgan fingerprint density at radius 2 is 2.05 bits per heavy atom. The Bertz CT molecular complexity index is 547. The number of rotatable bonds is 6. The van der Waals surface area contributed by atoms with Crippen molar-refractivity contribution in [3.05, 3.63) is 42.0 Å². The summed E-state index contributed by atoms with van der Waals surface area (Å²) < 4.78 is 5.30. The molecule has 2 aromatic heterocycles. The minimum absolute atomic E-state index is 0.104. The fourth-order valence-electron chi connectivity index (χ4n) is 1.81. The van der Waals surface area contributed by atoms with Crippen molar-refractivity contribution in [2.24, 2.45) is 0 Å². The molecule has 0 aliphatic rings. The van der Waals surface area contributed by atoms with E-state index in [2.05, 4.69) is 27.2 Å². The van der Waals surface area contributed by atoms with Crippen LogP contribution in [0.5, 0.6) is 0 Å². The maximum atomic E-state index is 5.79. The van der Waals surface area contributed by atoms with E-state index in [4.69, 9.17) is 10.5 Å². The zero-order valence-corrected chi connectivity index (χ0v) is 11.7. The van der Waals surface area contributed by atoms with Gasteiger partial charge in [-0.3, -0.25) is 4.98 Å². The van der Waals surface area contributed by atoms with Crippen LogP contribution >= 0.6 is 0 Å². The molecular formula is C14H19N5O. The number of aromatic nitrogens is 3. The predicted molar refractivity (Wildman–Crippen MR) is 78.0 cm³/mol. The number of nitrogens with two attached hydrogens (primary N) is 1. The van der Waals surface area contributed by atoms with Gasteiger partial charge < -0.3 is 15.8 Å². The van der Waals surface area contributed by atoms with Gasteiger partial charge in [0.2, 0.25) is 0 Å². The molecule has 0 spiro atoms. The summed E-state index contributed by atoms with van der Waals surface area (Å²) in [6.07, 6.45) is 3.53. The first kappa shape index (κ1) is 14.2. The first-order valence-corrected chi connectivity index (χ1v) is 6.56. The quantitative estimate of drug-likeness (QED) is 0.838. The van der Waals surface area contributed by atoms with Crippen LogP contribution in [0.3, 0.4) is 0 Å². The molecule has 2 rings (SSSR count). The predicted octanol–water partition coefficient (Wildman–Crippen LogP) is 2.16. The van der Waals surface area contributed by atoms with E-state index in [1.807, 2.05) is 19.1 Å². The Hall–Kier alpha value is -2.21. The van der Waals surface area contributed by atoms with Gasteiger partial charge in [0, 0.05) is 25.1 Å². The van der Waals surface area contributed by atoms with Gasteiger partial charge in [-0.2, -0.15) is 0 Å². The van der Waals surface area contributed by atoms with Crippen LogP contribution in [0.15, 0.2) is 30.6 Å². The van der Waals surface area contributed by atoms with Gasteiger partial charge in [0.25, 0.3) is 0 Å². The van der Waals surface area contributed by atoms with Crippen LogP contribution in [0.4, 0.5) is 11.6 Å². The van der Waals surface area contributed by atoms with Gasteiger partial charge in [-0.15, -0.1) is 0 Å². The van der Waals surface area contributed by atoms with E-state index in [-0.39, 0.29) is 6.04 Å². The minimum Gasteiger partial charge on any atom is -0.384 e. The van der Waals surface area contributed by atoms with Crippen LogP contribution < -0.4 is 11.1 Å². The third-order valence-electron chi connectivity index (χ3n) is 2.80. The highest BCUT2D eigenvalue weighted by molar-refractivity contribution is 5.46. The Balaban J connectivity index is 2.10. The monoisotopic (exact) mass is 273 g/mol. The second-order valence-electron chi connectivity index (χ2n) is 4.38. The van der Waals surface area contributed by atoms with Crippen molar-refractivity contribution in [3.8, 4) is 0 Å². The molecule has 0 saturated heterocycles. The molecular weight excluding hydrogens is 254 g/mol. The van der Waals surface area contributed by atoms with Gasteiger partial charge in [-0.1, -0.05) is 0 Å². The molecule has 0 aliphatic heterocycles. The smallest absolute Gasteiger partial charge is 0.158 e. The van der Waals surface area contributed by atoms with E-state index in [9.17, 15) is 0 Å². The molecule has 0 amide bonds. The van der Waals surface area contributed by atoms with E-state index in [1.165, 1.54) is 0 Å². The molecule has 6 heteroatoms. The third-order valence-corrected chi connectivity index (χ3v) is 2.80. The fourth-order valence-corrected chi connectivity index (χ4v) is 1.81. The molecule has 0 saturated carbocycles. The van der Waals surface area contributed by atoms with Crippen molar-refractivity contribution in [2.75, 3.05) is 17.7 Å². The number of hydrogen-bond donors (Lipinski definition) is 2. The molecule has 0 aliphatic carbocycles. The van der Waals surface area contributed by atoms with Crippen LogP contribution in [-0.4, -0.2) is 21.6 Å². The van der Waals surface area contributed by atoms with Crippen LogP contribution in [0.25, 0.3) is 0 Å². The highest BCUT2D eigenvalue weighted by atomic mass is 16.5. The Labute approximate surface area is 118 Å². The number of nitrogen functional groups attached to an aromatic ring is 1. The molecule has 20 heavy (non-hydrogen) atoms. The number of anilines is 2. The van der Waals surface area contributed by atoms with Gasteiger partial charge in [0.05, 0.1) is 6.04 Å².